The SMILES string of the molecule is N=C(N)Nc1cccc(-c2csc(NC(=N)N)n2)c1. The summed E-state index contributed by atoms with van der Waals surface area (Å²) in [7, 11) is 0. The Morgan fingerprint density at radius 3 is 2.58 bits per heavy atom. The highest BCUT2D eigenvalue weighted by atomic mass is 32.1. The highest BCUT2D eigenvalue weighted by molar-refractivity contribution is 7.14. The molecule has 0 atom stereocenters. The zero-order valence-corrected chi connectivity index (χ0v) is 10.7. The van der Waals surface area contributed by atoms with E-state index in [1.54, 1.807) is 0 Å². The molecule has 0 spiro atoms. The number of aromatic nitrogens is 1. The average Bonchev–Trinajstić information content (AvgIpc) is 2.76. The number of benzene rings is 1. The second kappa shape index (κ2) is 5.36. The van der Waals surface area contributed by atoms with E-state index >= 15 is 0 Å². The van der Waals surface area contributed by atoms with E-state index in [0.717, 1.165) is 16.9 Å². The lowest BCUT2D eigenvalue weighted by atomic mass is 10.1. The van der Waals surface area contributed by atoms with E-state index in [2.05, 4.69) is 15.6 Å². The molecule has 1 aromatic carbocycles. The molecule has 0 radical (unpaired) electrons. The van der Waals surface area contributed by atoms with Crippen LogP contribution in [0.15, 0.2) is 29.6 Å². The molecule has 8 heteroatoms. The molecule has 19 heavy (non-hydrogen) atoms. The Labute approximate surface area is 113 Å². The third-order valence-electron chi connectivity index (χ3n) is 2.18. The first-order valence-electron chi connectivity index (χ1n) is 5.32. The maximum Gasteiger partial charge on any atom is 0.192 e. The zero-order valence-electron chi connectivity index (χ0n) is 9.90. The molecular formula is C11H13N7S. The van der Waals surface area contributed by atoms with Crippen LogP contribution < -0.4 is 22.1 Å². The Kier molecular flexibility index (Phi) is 3.62. The summed E-state index contributed by atoms with van der Waals surface area (Å²) in [5, 5.41) is 22.1. The number of rotatable bonds is 3. The molecule has 0 bridgehead atoms. The Balaban J connectivity index is 2.23. The fourth-order valence-corrected chi connectivity index (χ4v) is 2.22. The Morgan fingerprint density at radius 2 is 1.89 bits per heavy atom. The number of nitrogens with zero attached hydrogens (tertiary/aromatic N) is 1. The van der Waals surface area contributed by atoms with Gasteiger partial charge in [-0.3, -0.25) is 10.8 Å². The first kappa shape index (κ1) is 12.8. The Morgan fingerprint density at radius 1 is 1.16 bits per heavy atom. The molecule has 0 unspecified atom stereocenters. The van der Waals surface area contributed by atoms with E-state index in [1.165, 1.54) is 11.3 Å². The van der Waals surface area contributed by atoms with Gasteiger partial charge in [0.25, 0.3) is 0 Å². The van der Waals surface area contributed by atoms with Crippen LogP contribution in [0.3, 0.4) is 0 Å². The number of guanidine groups is 2. The van der Waals surface area contributed by atoms with Crippen molar-refractivity contribution >= 4 is 34.1 Å². The van der Waals surface area contributed by atoms with Gasteiger partial charge in [-0.15, -0.1) is 11.3 Å². The van der Waals surface area contributed by atoms with Gasteiger partial charge in [0.15, 0.2) is 17.1 Å². The van der Waals surface area contributed by atoms with Crippen molar-refractivity contribution in [1.29, 1.82) is 10.8 Å². The van der Waals surface area contributed by atoms with E-state index in [-0.39, 0.29) is 11.9 Å². The van der Waals surface area contributed by atoms with Gasteiger partial charge in [-0.05, 0) is 12.1 Å². The average molecular weight is 275 g/mol. The van der Waals surface area contributed by atoms with Gasteiger partial charge in [0, 0.05) is 16.6 Å². The first-order chi connectivity index (χ1) is 9.04. The molecule has 0 saturated heterocycles. The van der Waals surface area contributed by atoms with Crippen molar-refractivity contribution in [1.82, 2.24) is 4.98 Å². The van der Waals surface area contributed by atoms with Crippen molar-refractivity contribution in [2.45, 2.75) is 0 Å². The van der Waals surface area contributed by atoms with Gasteiger partial charge < -0.3 is 22.1 Å². The molecule has 7 nitrogen and oxygen atoms in total. The van der Waals surface area contributed by atoms with Crippen LogP contribution in [0.5, 0.6) is 0 Å². The predicted octanol–water partition coefficient (Wildman–Crippen LogP) is 1.42. The molecule has 8 N–H and O–H groups in total. The normalized spacial score (nSPS) is 9.89. The van der Waals surface area contributed by atoms with E-state index in [1.807, 2.05) is 29.6 Å². The summed E-state index contributed by atoms with van der Waals surface area (Å²) < 4.78 is 0. The minimum absolute atomic E-state index is 0.116. The van der Waals surface area contributed by atoms with Crippen molar-refractivity contribution in [3.63, 3.8) is 0 Å². The molecule has 0 aliphatic rings. The third kappa shape index (κ3) is 3.42. The fraction of sp³-hybridized carbons (Fsp3) is 0. The Hall–Kier alpha value is -2.61. The number of nitrogens with two attached hydrogens (primary N) is 2. The number of hydrogen-bond donors (Lipinski definition) is 6. The predicted molar refractivity (Wildman–Crippen MR) is 78.6 cm³/mol. The van der Waals surface area contributed by atoms with Crippen molar-refractivity contribution in [2.24, 2.45) is 11.5 Å². The van der Waals surface area contributed by atoms with Crippen LogP contribution in [0.4, 0.5) is 10.8 Å². The highest BCUT2D eigenvalue weighted by Gasteiger charge is 2.06. The van der Waals surface area contributed by atoms with Gasteiger partial charge in [-0.2, -0.15) is 0 Å². The molecule has 98 valence electrons. The first-order valence-corrected chi connectivity index (χ1v) is 6.20. The van der Waals surface area contributed by atoms with Crippen molar-refractivity contribution in [3.05, 3.63) is 29.6 Å². The molecule has 0 amide bonds. The molecular weight excluding hydrogens is 262 g/mol. The van der Waals surface area contributed by atoms with E-state index in [0.29, 0.717) is 5.13 Å². The van der Waals surface area contributed by atoms with Crippen molar-refractivity contribution < 1.29 is 0 Å². The maximum absolute atomic E-state index is 7.19. The van der Waals surface area contributed by atoms with Crippen LogP contribution in [0.25, 0.3) is 11.3 Å². The van der Waals surface area contributed by atoms with Crippen LogP contribution in [-0.2, 0) is 0 Å². The summed E-state index contributed by atoms with van der Waals surface area (Å²) in [6, 6.07) is 7.40. The molecule has 1 heterocycles. The minimum Gasteiger partial charge on any atom is -0.370 e. The summed E-state index contributed by atoms with van der Waals surface area (Å²) in [5.41, 5.74) is 12.9. The quantitative estimate of drug-likeness (QED) is 0.372. The second-order valence-corrected chi connectivity index (χ2v) is 4.55. The molecule has 0 aliphatic heterocycles. The number of anilines is 2. The van der Waals surface area contributed by atoms with Crippen LogP contribution in [-0.4, -0.2) is 16.9 Å². The van der Waals surface area contributed by atoms with Crippen molar-refractivity contribution in [3.8, 4) is 11.3 Å². The van der Waals surface area contributed by atoms with Crippen LogP contribution in [0, 0.1) is 10.8 Å². The summed E-state index contributed by atoms with van der Waals surface area (Å²) in [5.74, 6) is -0.262. The van der Waals surface area contributed by atoms with Crippen LogP contribution >= 0.6 is 11.3 Å². The van der Waals surface area contributed by atoms with Crippen molar-refractivity contribution in [2.75, 3.05) is 10.6 Å². The standard InChI is InChI=1S/C11H13N7S/c12-9(13)16-7-3-1-2-6(4-7)8-5-19-11(17-8)18-10(14)15/h1-5H,(H4,12,13,16)(H4,14,15,17,18). The van der Waals surface area contributed by atoms with Crippen LogP contribution in [0.1, 0.15) is 0 Å². The summed E-state index contributed by atoms with van der Waals surface area (Å²) >= 11 is 1.36. The van der Waals surface area contributed by atoms with E-state index in [4.69, 9.17) is 22.3 Å². The van der Waals surface area contributed by atoms with E-state index in [9.17, 15) is 0 Å². The summed E-state index contributed by atoms with van der Waals surface area (Å²) in [4.78, 5) is 4.31. The molecule has 2 aromatic rings. The largest absolute Gasteiger partial charge is 0.370 e. The lowest BCUT2D eigenvalue weighted by molar-refractivity contribution is 1.35. The minimum atomic E-state index is -0.145. The lowest BCUT2D eigenvalue weighted by Gasteiger charge is -2.05. The molecule has 0 fully saturated rings. The summed E-state index contributed by atoms with van der Waals surface area (Å²) in [6.45, 7) is 0. The highest BCUT2D eigenvalue weighted by Crippen LogP contribution is 2.26. The van der Waals surface area contributed by atoms with Gasteiger partial charge in [0.05, 0.1) is 5.69 Å². The molecule has 2 rings (SSSR count). The maximum atomic E-state index is 7.19. The van der Waals surface area contributed by atoms with E-state index < -0.39 is 0 Å². The fourth-order valence-electron chi connectivity index (χ4n) is 1.49. The molecule has 0 saturated carbocycles. The van der Waals surface area contributed by atoms with Gasteiger partial charge in [0.1, 0.15) is 0 Å². The second-order valence-electron chi connectivity index (χ2n) is 3.70. The Bertz CT molecular complexity index is 619. The van der Waals surface area contributed by atoms with Gasteiger partial charge in [-0.1, -0.05) is 12.1 Å². The third-order valence-corrected chi connectivity index (χ3v) is 2.94. The zero-order chi connectivity index (χ0) is 13.8. The smallest absolute Gasteiger partial charge is 0.192 e. The lowest BCUT2D eigenvalue weighted by Crippen LogP contribution is -2.20. The number of thiazole rings is 1. The number of nitrogens with one attached hydrogen (secondary N) is 4. The van der Waals surface area contributed by atoms with Gasteiger partial charge in [0.2, 0.25) is 0 Å². The molecule has 0 aliphatic carbocycles. The van der Waals surface area contributed by atoms with Crippen LogP contribution in [0.2, 0.25) is 0 Å². The van der Waals surface area contributed by atoms with Gasteiger partial charge >= 0.3 is 0 Å². The topological polar surface area (TPSA) is 137 Å². The van der Waals surface area contributed by atoms with Gasteiger partial charge in [-0.25, -0.2) is 4.98 Å². The molecule has 1 aromatic heterocycles. The summed E-state index contributed by atoms with van der Waals surface area (Å²) in [6.07, 6.45) is 0. The number of hydrogen-bond acceptors (Lipinski definition) is 4. The monoisotopic (exact) mass is 275 g/mol.